The van der Waals surface area contributed by atoms with Gasteiger partial charge in [0.1, 0.15) is 5.60 Å². The third-order valence-electron chi connectivity index (χ3n) is 2.37. The molecule has 1 fully saturated rings. The van der Waals surface area contributed by atoms with Crippen LogP contribution in [0.4, 0.5) is 0 Å². The molecule has 2 bridgehead atoms. The van der Waals surface area contributed by atoms with Gasteiger partial charge in [-0.3, -0.25) is 4.79 Å². The molecule has 0 radical (unpaired) electrons. The molecule has 3 atom stereocenters. The van der Waals surface area contributed by atoms with Crippen molar-refractivity contribution in [1.29, 1.82) is 0 Å². The fraction of sp³-hybridized carbons (Fsp3) is 0.625. The number of fused-ring (bicyclic) bond motifs is 2. The lowest BCUT2D eigenvalue weighted by atomic mass is 9.87. The topological polar surface area (TPSA) is 26.3 Å². The highest BCUT2D eigenvalue weighted by Gasteiger charge is 2.51. The highest BCUT2D eigenvalue weighted by atomic mass is 79.9. The maximum atomic E-state index is 11.2. The second-order valence-electron chi connectivity index (χ2n) is 3.29. The number of halogens is 1. The lowest BCUT2D eigenvalue weighted by Gasteiger charge is -2.27. The summed E-state index contributed by atoms with van der Waals surface area (Å²) >= 11 is 3.48. The van der Waals surface area contributed by atoms with Crippen LogP contribution in [0.25, 0.3) is 0 Å². The molecule has 1 heterocycles. The van der Waals surface area contributed by atoms with Crippen LogP contribution in [0.2, 0.25) is 0 Å². The van der Waals surface area contributed by atoms with Crippen molar-refractivity contribution in [2.45, 2.75) is 23.8 Å². The minimum Gasteiger partial charge on any atom is -0.457 e. The zero-order valence-electron chi connectivity index (χ0n) is 6.21. The van der Waals surface area contributed by atoms with E-state index in [1.54, 1.807) is 0 Å². The predicted octanol–water partition coefficient (Wildman–Crippen LogP) is 1.64. The highest BCUT2D eigenvalue weighted by molar-refractivity contribution is 9.09. The molecule has 3 heteroatoms. The summed E-state index contributed by atoms with van der Waals surface area (Å²) in [7, 11) is 0. The Morgan fingerprint density at radius 1 is 1.82 bits per heavy atom. The molecule has 11 heavy (non-hydrogen) atoms. The summed E-state index contributed by atoms with van der Waals surface area (Å²) < 4.78 is 5.24. The molecule has 2 nitrogen and oxygen atoms in total. The first kappa shape index (κ1) is 7.35. The first-order valence-electron chi connectivity index (χ1n) is 3.67. The van der Waals surface area contributed by atoms with Crippen molar-refractivity contribution in [1.82, 2.24) is 0 Å². The van der Waals surface area contributed by atoms with E-state index in [-0.39, 0.29) is 22.3 Å². The minimum atomic E-state index is -0.295. The fourth-order valence-electron chi connectivity index (χ4n) is 1.63. The van der Waals surface area contributed by atoms with Gasteiger partial charge in [-0.05, 0) is 6.92 Å². The zero-order chi connectivity index (χ0) is 8.06. The van der Waals surface area contributed by atoms with Crippen LogP contribution in [0.15, 0.2) is 12.2 Å². The van der Waals surface area contributed by atoms with Gasteiger partial charge in [0.15, 0.2) is 0 Å². The van der Waals surface area contributed by atoms with Crippen LogP contribution in [0.5, 0.6) is 0 Å². The lowest BCUT2D eigenvalue weighted by Crippen LogP contribution is -2.35. The first-order chi connectivity index (χ1) is 5.13. The molecule has 0 amide bonds. The van der Waals surface area contributed by atoms with E-state index in [2.05, 4.69) is 15.9 Å². The molecule has 0 saturated carbocycles. The zero-order valence-corrected chi connectivity index (χ0v) is 7.80. The Morgan fingerprint density at radius 3 is 3.09 bits per heavy atom. The van der Waals surface area contributed by atoms with Crippen LogP contribution in [-0.2, 0) is 9.53 Å². The predicted molar refractivity (Wildman–Crippen MR) is 44.5 cm³/mol. The Labute approximate surface area is 73.7 Å². The maximum Gasteiger partial charge on any atom is 0.314 e. The Balaban J connectivity index is 2.41. The Morgan fingerprint density at radius 2 is 2.55 bits per heavy atom. The number of rotatable bonds is 0. The number of alkyl halides is 1. The molecule has 1 aliphatic heterocycles. The van der Waals surface area contributed by atoms with Gasteiger partial charge in [-0.25, -0.2) is 0 Å². The third-order valence-corrected chi connectivity index (χ3v) is 3.91. The van der Waals surface area contributed by atoms with E-state index in [0.717, 1.165) is 6.42 Å². The largest absolute Gasteiger partial charge is 0.457 e. The summed E-state index contributed by atoms with van der Waals surface area (Å²) in [6, 6.07) is 0. The van der Waals surface area contributed by atoms with Crippen molar-refractivity contribution >= 4 is 21.9 Å². The standard InChI is InChI=1S/C8H9BrO2/c1-8-4-2-3-5(6(8)9)7(10)11-8/h2-3,5-6H,4H2,1H3/t5-,6-,8-/m0/s1. The van der Waals surface area contributed by atoms with Crippen molar-refractivity contribution in [3.8, 4) is 0 Å². The van der Waals surface area contributed by atoms with E-state index < -0.39 is 0 Å². The van der Waals surface area contributed by atoms with Crippen molar-refractivity contribution in [2.75, 3.05) is 0 Å². The second-order valence-corrected chi connectivity index (χ2v) is 4.28. The van der Waals surface area contributed by atoms with E-state index in [1.165, 1.54) is 0 Å². The average molecular weight is 217 g/mol. The lowest BCUT2D eigenvalue weighted by molar-refractivity contribution is -0.147. The summed E-state index contributed by atoms with van der Waals surface area (Å²) in [4.78, 5) is 11.3. The molecule has 0 aromatic carbocycles. The quantitative estimate of drug-likeness (QED) is 0.350. The van der Waals surface area contributed by atoms with Crippen molar-refractivity contribution < 1.29 is 9.53 Å². The van der Waals surface area contributed by atoms with E-state index in [4.69, 9.17) is 4.74 Å². The van der Waals surface area contributed by atoms with Gasteiger partial charge in [0, 0.05) is 6.42 Å². The van der Waals surface area contributed by atoms with E-state index in [1.807, 2.05) is 19.1 Å². The molecule has 1 aliphatic carbocycles. The van der Waals surface area contributed by atoms with Gasteiger partial charge >= 0.3 is 5.97 Å². The van der Waals surface area contributed by atoms with Crippen molar-refractivity contribution in [3.05, 3.63) is 12.2 Å². The molecular formula is C8H9BrO2. The second kappa shape index (κ2) is 2.09. The van der Waals surface area contributed by atoms with Gasteiger partial charge in [0.25, 0.3) is 0 Å². The third kappa shape index (κ3) is 0.868. The average Bonchev–Trinajstić information content (AvgIpc) is 2.13. The van der Waals surface area contributed by atoms with Crippen LogP contribution in [0, 0.1) is 5.92 Å². The molecule has 0 spiro atoms. The van der Waals surface area contributed by atoms with Crippen LogP contribution >= 0.6 is 15.9 Å². The van der Waals surface area contributed by atoms with Crippen LogP contribution in [0.3, 0.4) is 0 Å². The fourth-order valence-corrected chi connectivity index (χ4v) is 2.30. The van der Waals surface area contributed by atoms with Gasteiger partial charge in [0.2, 0.25) is 0 Å². The molecule has 0 N–H and O–H groups in total. The Bertz CT molecular complexity index is 236. The summed E-state index contributed by atoms with van der Waals surface area (Å²) in [5, 5.41) is 0. The summed E-state index contributed by atoms with van der Waals surface area (Å²) in [6.45, 7) is 1.97. The number of esters is 1. The summed E-state index contributed by atoms with van der Waals surface area (Å²) in [6.07, 6.45) is 4.77. The molecule has 0 unspecified atom stereocenters. The molecule has 60 valence electrons. The maximum absolute atomic E-state index is 11.2. The SMILES string of the molecule is C[C@@]12CC=C[C@H](C(=O)O1)[C@@H]2Br. The van der Waals surface area contributed by atoms with Crippen molar-refractivity contribution in [2.24, 2.45) is 5.92 Å². The van der Waals surface area contributed by atoms with Gasteiger partial charge in [-0.2, -0.15) is 0 Å². The van der Waals surface area contributed by atoms with E-state index >= 15 is 0 Å². The van der Waals surface area contributed by atoms with E-state index in [9.17, 15) is 4.79 Å². The number of carbonyl (C=O) groups excluding carboxylic acids is 1. The first-order valence-corrected chi connectivity index (χ1v) is 4.59. The summed E-state index contributed by atoms with van der Waals surface area (Å²) in [5.41, 5.74) is -0.295. The normalized spacial score (nSPS) is 47.6. The molecule has 1 saturated heterocycles. The number of hydrogen-bond acceptors (Lipinski definition) is 2. The van der Waals surface area contributed by atoms with Gasteiger partial charge in [-0.15, -0.1) is 0 Å². The number of ether oxygens (including phenoxy) is 1. The Hall–Kier alpha value is -0.310. The van der Waals surface area contributed by atoms with E-state index in [0.29, 0.717) is 0 Å². The molecular weight excluding hydrogens is 208 g/mol. The van der Waals surface area contributed by atoms with Crippen LogP contribution in [0.1, 0.15) is 13.3 Å². The monoisotopic (exact) mass is 216 g/mol. The molecule has 0 aromatic rings. The van der Waals surface area contributed by atoms with Crippen LogP contribution in [-0.4, -0.2) is 16.4 Å². The molecule has 0 aromatic heterocycles. The van der Waals surface area contributed by atoms with Gasteiger partial charge < -0.3 is 4.74 Å². The molecule has 2 aliphatic rings. The summed E-state index contributed by atoms with van der Waals surface area (Å²) in [5.74, 6) is -0.156. The molecule has 2 rings (SSSR count). The minimum absolute atomic E-state index is 0.0613. The number of carbonyl (C=O) groups is 1. The number of hydrogen-bond donors (Lipinski definition) is 0. The smallest absolute Gasteiger partial charge is 0.314 e. The van der Waals surface area contributed by atoms with Crippen molar-refractivity contribution in [3.63, 3.8) is 0 Å². The van der Waals surface area contributed by atoms with Crippen LogP contribution < -0.4 is 0 Å². The Kier molecular flexibility index (Phi) is 1.40. The highest BCUT2D eigenvalue weighted by Crippen LogP contribution is 2.43. The van der Waals surface area contributed by atoms with Gasteiger partial charge in [0.05, 0.1) is 10.7 Å². The van der Waals surface area contributed by atoms with Gasteiger partial charge in [-0.1, -0.05) is 28.1 Å².